The molecule has 6 nitrogen and oxygen atoms in total. The first kappa shape index (κ1) is 13.0. The van der Waals surface area contributed by atoms with Crippen molar-refractivity contribution in [2.75, 3.05) is 7.05 Å². The monoisotopic (exact) mass is 311 g/mol. The molecule has 0 unspecified atom stereocenters. The minimum atomic E-state index is 0.314. The zero-order chi connectivity index (χ0) is 13.0. The van der Waals surface area contributed by atoms with Crippen LogP contribution in [-0.2, 0) is 20.2 Å². The summed E-state index contributed by atoms with van der Waals surface area (Å²) in [6, 6.07) is 5.85. The summed E-state index contributed by atoms with van der Waals surface area (Å²) in [4.78, 5) is 1.41. The van der Waals surface area contributed by atoms with Crippen molar-refractivity contribution in [2.45, 2.75) is 13.2 Å². The largest absolute Gasteiger partial charge is 0.485 e. The molecule has 1 aromatic carbocycles. The molecule has 0 spiro atoms. The Bertz CT molecular complexity index is 528. The van der Waals surface area contributed by atoms with E-state index >= 15 is 0 Å². The van der Waals surface area contributed by atoms with Crippen LogP contribution in [0.2, 0.25) is 0 Å². The fourth-order valence-electron chi connectivity index (χ4n) is 1.50. The molecule has 96 valence electrons. The molecule has 18 heavy (non-hydrogen) atoms. The Hall–Kier alpha value is -1.47. The lowest BCUT2D eigenvalue weighted by atomic mass is 10.2. The van der Waals surface area contributed by atoms with E-state index in [2.05, 4.69) is 36.7 Å². The SMILES string of the molecule is CNCc1cc(OCc2nnn(C)n2)ccc1Br. The highest BCUT2D eigenvalue weighted by molar-refractivity contribution is 9.10. The first-order valence-corrected chi connectivity index (χ1v) is 6.27. The second-order valence-electron chi connectivity index (χ2n) is 3.77. The molecule has 7 heteroatoms. The molecule has 0 aliphatic rings. The maximum Gasteiger partial charge on any atom is 0.212 e. The summed E-state index contributed by atoms with van der Waals surface area (Å²) in [5.41, 5.74) is 1.14. The van der Waals surface area contributed by atoms with Gasteiger partial charge in [0.25, 0.3) is 0 Å². The van der Waals surface area contributed by atoms with Crippen LogP contribution >= 0.6 is 15.9 Å². The maximum atomic E-state index is 5.62. The van der Waals surface area contributed by atoms with Gasteiger partial charge < -0.3 is 10.1 Å². The molecule has 0 saturated heterocycles. The van der Waals surface area contributed by atoms with Crippen molar-refractivity contribution >= 4 is 15.9 Å². The van der Waals surface area contributed by atoms with Gasteiger partial charge in [-0.15, -0.1) is 10.2 Å². The number of nitrogens with zero attached hydrogens (tertiary/aromatic N) is 4. The topological polar surface area (TPSA) is 64.9 Å². The molecule has 0 bridgehead atoms. The van der Waals surface area contributed by atoms with Crippen molar-refractivity contribution in [3.63, 3.8) is 0 Å². The molecule has 0 saturated carbocycles. The molecule has 0 amide bonds. The van der Waals surface area contributed by atoms with E-state index in [1.165, 1.54) is 4.80 Å². The maximum absolute atomic E-state index is 5.62. The third kappa shape index (κ3) is 3.27. The van der Waals surface area contributed by atoms with Gasteiger partial charge in [0.05, 0.1) is 7.05 Å². The number of hydrogen-bond donors (Lipinski definition) is 1. The van der Waals surface area contributed by atoms with Gasteiger partial charge in [-0.2, -0.15) is 4.80 Å². The van der Waals surface area contributed by atoms with Crippen molar-refractivity contribution in [3.05, 3.63) is 34.1 Å². The summed E-state index contributed by atoms with van der Waals surface area (Å²) in [6.07, 6.45) is 0. The van der Waals surface area contributed by atoms with Gasteiger partial charge in [-0.05, 0) is 36.0 Å². The van der Waals surface area contributed by atoms with Crippen LogP contribution in [0.25, 0.3) is 0 Å². The molecule has 0 radical (unpaired) electrons. The van der Waals surface area contributed by atoms with Gasteiger partial charge in [0.1, 0.15) is 5.75 Å². The Morgan fingerprint density at radius 3 is 2.94 bits per heavy atom. The molecule has 0 aliphatic carbocycles. The van der Waals surface area contributed by atoms with E-state index in [1.54, 1.807) is 7.05 Å². The molecule has 1 N–H and O–H groups in total. The fourth-order valence-corrected chi connectivity index (χ4v) is 1.88. The molecule has 1 aromatic heterocycles. The van der Waals surface area contributed by atoms with Crippen molar-refractivity contribution in [2.24, 2.45) is 7.05 Å². The van der Waals surface area contributed by atoms with Crippen LogP contribution in [-0.4, -0.2) is 27.3 Å². The minimum absolute atomic E-state index is 0.314. The highest BCUT2D eigenvalue weighted by Gasteiger charge is 2.04. The van der Waals surface area contributed by atoms with E-state index in [1.807, 2.05) is 25.2 Å². The van der Waals surface area contributed by atoms with E-state index in [0.717, 1.165) is 22.3 Å². The van der Waals surface area contributed by atoms with Crippen LogP contribution in [0.15, 0.2) is 22.7 Å². The number of ether oxygens (including phenoxy) is 1. The molecule has 0 aliphatic heterocycles. The number of rotatable bonds is 5. The zero-order valence-electron chi connectivity index (χ0n) is 10.2. The molecule has 0 fully saturated rings. The van der Waals surface area contributed by atoms with Crippen LogP contribution in [0.5, 0.6) is 5.75 Å². The minimum Gasteiger partial charge on any atom is -0.485 e. The highest BCUT2D eigenvalue weighted by atomic mass is 79.9. The van der Waals surface area contributed by atoms with Crippen LogP contribution in [0.4, 0.5) is 0 Å². The van der Waals surface area contributed by atoms with Crippen molar-refractivity contribution in [1.82, 2.24) is 25.5 Å². The first-order valence-electron chi connectivity index (χ1n) is 5.47. The Balaban J connectivity index is 2.03. The van der Waals surface area contributed by atoms with Gasteiger partial charge in [-0.25, -0.2) is 0 Å². The van der Waals surface area contributed by atoms with Crippen molar-refractivity contribution < 1.29 is 4.74 Å². The number of tetrazole rings is 1. The summed E-state index contributed by atoms with van der Waals surface area (Å²) in [7, 11) is 3.63. The van der Waals surface area contributed by atoms with E-state index in [0.29, 0.717) is 12.4 Å². The Morgan fingerprint density at radius 1 is 1.44 bits per heavy atom. The van der Waals surface area contributed by atoms with Gasteiger partial charge in [0, 0.05) is 11.0 Å². The summed E-state index contributed by atoms with van der Waals surface area (Å²) in [5.74, 6) is 1.35. The molecule has 0 atom stereocenters. The predicted molar refractivity (Wildman–Crippen MR) is 70.0 cm³/mol. The van der Waals surface area contributed by atoms with Gasteiger partial charge >= 0.3 is 0 Å². The Labute approximate surface area is 113 Å². The summed E-state index contributed by atoms with van der Waals surface area (Å²) in [6.45, 7) is 1.09. The van der Waals surface area contributed by atoms with Gasteiger partial charge in [-0.1, -0.05) is 15.9 Å². The third-order valence-electron chi connectivity index (χ3n) is 2.30. The lowest BCUT2D eigenvalue weighted by Crippen LogP contribution is -2.06. The average Bonchev–Trinajstić information content (AvgIpc) is 2.76. The van der Waals surface area contributed by atoms with Crippen molar-refractivity contribution in [1.29, 1.82) is 0 Å². The standard InChI is InChI=1S/C11H14BrN5O/c1-13-6-8-5-9(3-4-10(8)12)18-7-11-14-16-17(2)15-11/h3-5,13H,6-7H2,1-2H3. The average molecular weight is 312 g/mol. The molecular formula is C11H14BrN5O. The zero-order valence-corrected chi connectivity index (χ0v) is 11.8. The molecule has 2 aromatic rings. The number of nitrogens with one attached hydrogen (secondary N) is 1. The lowest BCUT2D eigenvalue weighted by Gasteiger charge is -2.08. The number of aromatic nitrogens is 4. The molecule has 1 heterocycles. The predicted octanol–water partition coefficient (Wildman–Crippen LogP) is 1.27. The second kappa shape index (κ2) is 5.92. The summed E-state index contributed by atoms with van der Waals surface area (Å²) < 4.78 is 6.68. The van der Waals surface area contributed by atoms with Crippen LogP contribution in [0.3, 0.4) is 0 Å². The molecule has 2 rings (SSSR count). The normalized spacial score (nSPS) is 10.6. The van der Waals surface area contributed by atoms with Crippen LogP contribution in [0, 0.1) is 0 Å². The lowest BCUT2D eigenvalue weighted by molar-refractivity contribution is 0.295. The Morgan fingerprint density at radius 2 is 2.28 bits per heavy atom. The van der Waals surface area contributed by atoms with Crippen LogP contribution in [0.1, 0.15) is 11.4 Å². The van der Waals surface area contributed by atoms with E-state index in [4.69, 9.17) is 4.74 Å². The Kier molecular flexibility index (Phi) is 4.27. The smallest absolute Gasteiger partial charge is 0.212 e. The number of hydrogen-bond acceptors (Lipinski definition) is 5. The summed E-state index contributed by atoms with van der Waals surface area (Å²) in [5, 5.41) is 14.8. The third-order valence-corrected chi connectivity index (χ3v) is 3.08. The number of aryl methyl sites for hydroxylation is 1. The second-order valence-corrected chi connectivity index (χ2v) is 4.62. The number of benzene rings is 1. The van der Waals surface area contributed by atoms with Crippen LogP contribution < -0.4 is 10.1 Å². The fraction of sp³-hybridized carbons (Fsp3) is 0.364. The summed E-state index contributed by atoms with van der Waals surface area (Å²) >= 11 is 3.50. The number of halogens is 1. The van der Waals surface area contributed by atoms with Gasteiger partial charge in [-0.3, -0.25) is 0 Å². The molecular weight excluding hydrogens is 298 g/mol. The first-order chi connectivity index (χ1) is 8.69. The van der Waals surface area contributed by atoms with Gasteiger partial charge in [0.2, 0.25) is 5.82 Å². The van der Waals surface area contributed by atoms with Crippen molar-refractivity contribution in [3.8, 4) is 5.75 Å². The van der Waals surface area contributed by atoms with E-state index in [-0.39, 0.29) is 0 Å². The van der Waals surface area contributed by atoms with E-state index in [9.17, 15) is 0 Å². The quantitative estimate of drug-likeness (QED) is 0.901. The van der Waals surface area contributed by atoms with Gasteiger partial charge in [0.15, 0.2) is 6.61 Å². The van der Waals surface area contributed by atoms with E-state index < -0.39 is 0 Å². The highest BCUT2D eigenvalue weighted by Crippen LogP contribution is 2.22.